The number of aromatic nitrogens is 4. The van der Waals surface area contributed by atoms with Gasteiger partial charge in [-0.1, -0.05) is 6.07 Å². The van der Waals surface area contributed by atoms with E-state index < -0.39 is 11.1 Å². The van der Waals surface area contributed by atoms with Crippen molar-refractivity contribution in [2.45, 2.75) is 4.90 Å². The zero-order valence-electron chi connectivity index (χ0n) is 6.94. The van der Waals surface area contributed by atoms with Crippen molar-refractivity contribution in [3.63, 3.8) is 0 Å². The summed E-state index contributed by atoms with van der Waals surface area (Å²) < 4.78 is 21.0. The van der Waals surface area contributed by atoms with E-state index >= 15 is 0 Å². The normalized spacial score (nSPS) is 12.6. The van der Waals surface area contributed by atoms with E-state index in [4.69, 9.17) is 4.55 Å². The van der Waals surface area contributed by atoms with Gasteiger partial charge in [-0.15, -0.1) is 5.10 Å². The topological polar surface area (TPSA) is 80.9 Å². The number of rotatable bonds is 2. The SMILES string of the molecule is O=S(O)c1cccc(-n2cnnn2)c1. The average Bonchev–Trinajstić information content (AvgIpc) is 2.71. The van der Waals surface area contributed by atoms with Crippen LogP contribution >= 0.6 is 0 Å². The van der Waals surface area contributed by atoms with Crippen molar-refractivity contribution in [2.24, 2.45) is 0 Å². The van der Waals surface area contributed by atoms with Crippen molar-refractivity contribution in [1.29, 1.82) is 0 Å². The van der Waals surface area contributed by atoms with Crippen LogP contribution in [0.3, 0.4) is 0 Å². The minimum absolute atomic E-state index is 0.318. The molecule has 1 aromatic heterocycles. The Morgan fingerprint density at radius 3 is 2.93 bits per heavy atom. The Hall–Kier alpha value is -1.60. The van der Waals surface area contributed by atoms with E-state index in [2.05, 4.69) is 15.5 Å². The second-order valence-corrected chi connectivity index (χ2v) is 3.47. The van der Waals surface area contributed by atoms with E-state index in [-0.39, 0.29) is 0 Å². The van der Waals surface area contributed by atoms with Crippen LogP contribution in [-0.4, -0.2) is 29.0 Å². The van der Waals surface area contributed by atoms with Crippen molar-refractivity contribution in [3.8, 4) is 5.69 Å². The fourth-order valence-corrected chi connectivity index (χ4v) is 1.43. The van der Waals surface area contributed by atoms with Gasteiger partial charge in [-0.3, -0.25) is 0 Å². The Balaban J connectivity index is 2.46. The van der Waals surface area contributed by atoms with E-state index in [1.165, 1.54) is 11.0 Å². The molecule has 1 unspecified atom stereocenters. The largest absolute Gasteiger partial charge is 0.302 e. The fourth-order valence-electron chi connectivity index (χ4n) is 1.01. The Bertz CT molecular complexity index is 456. The van der Waals surface area contributed by atoms with Gasteiger partial charge in [-0.05, 0) is 28.6 Å². The molecule has 2 rings (SSSR count). The summed E-state index contributed by atoms with van der Waals surface area (Å²) in [5.41, 5.74) is 0.648. The molecule has 1 aromatic carbocycles. The molecule has 0 spiro atoms. The van der Waals surface area contributed by atoms with E-state index in [1.54, 1.807) is 24.3 Å². The molecule has 0 aliphatic carbocycles. The van der Waals surface area contributed by atoms with Gasteiger partial charge in [-0.25, -0.2) is 8.89 Å². The van der Waals surface area contributed by atoms with Gasteiger partial charge in [0.2, 0.25) is 0 Å². The molecule has 7 heteroatoms. The molecule has 1 heterocycles. The summed E-state index contributed by atoms with van der Waals surface area (Å²) in [6, 6.07) is 6.52. The number of tetrazole rings is 1. The first-order valence-electron chi connectivity index (χ1n) is 3.71. The predicted molar refractivity (Wildman–Crippen MR) is 48.2 cm³/mol. The number of hydrogen-bond acceptors (Lipinski definition) is 4. The van der Waals surface area contributed by atoms with Crippen LogP contribution in [0, 0.1) is 0 Å². The summed E-state index contributed by atoms with van der Waals surface area (Å²) in [5, 5.41) is 10.6. The van der Waals surface area contributed by atoms with Crippen LogP contribution in [0.1, 0.15) is 0 Å². The fraction of sp³-hybridized carbons (Fsp3) is 0. The average molecular weight is 210 g/mol. The molecular formula is C7H6N4O2S. The maximum Gasteiger partial charge on any atom is 0.186 e. The zero-order chi connectivity index (χ0) is 9.97. The lowest BCUT2D eigenvalue weighted by Crippen LogP contribution is -1.97. The van der Waals surface area contributed by atoms with E-state index in [1.807, 2.05) is 0 Å². The summed E-state index contributed by atoms with van der Waals surface area (Å²) in [7, 11) is 0. The minimum atomic E-state index is -1.98. The second-order valence-electron chi connectivity index (χ2n) is 2.50. The maximum absolute atomic E-state index is 10.8. The van der Waals surface area contributed by atoms with E-state index in [0.717, 1.165) is 0 Å². The highest BCUT2D eigenvalue weighted by molar-refractivity contribution is 7.79. The van der Waals surface area contributed by atoms with Gasteiger partial charge in [0.15, 0.2) is 11.1 Å². The Morgan fingerprint density at radius 1 is 1.43 bits per heavy atom. The monoisotopic (exact) mass is 210 g/mol. The van der Waals surface area contributed by atoms with Gasteiger partial charge >= 0.3 is 0 Å². The summed E-state index contributed by atoms with van der Waals surface area (Å²) in [6.45, 7) is 0. The number of benzene rings is 1. The molecule has 0 aliphatic heterocycles. The van der Waals surface area contributed by atoms with Gasteiger partial charge in [0.25, 0.3) is 0 Å². The highest BCUT2D eigenvalue weighted by Crippen LogP contribution is 2.10. The second kappa shape index (κ2) is 3.64. The third-order valence-corrected chi connectivity index (χ3v) is 2.29. The molecule has 0 bridgehead atoms. The lowest BCUT2D eigenvalue weighted by Gasteiger charge is -1.99. The third-order valence-electron chi connectivity index (χ3n) is 1.63. The van der Waals surface area contributed by atoms with Crippen LogP contribution in [-0.2, 0) is 11.1 Å². The van der Waals surface area contributed by atoms with Crippen LogP contribution in [0.25, 0.3) is 5.69 Å². The van der Waals surface area contributed by atoms with Crippen molar-refractivity contribution in [2.75, 3.05) is 0 Å². The smallest absolute Gasteiger partial charge is 0.186 e. The standard InChI is InChI=1S/C7H6N4O2S/c12-14(13)7-3-1-2-6(4-7)11-5-8-9-10-11/h1-5H,(H,12,13). The molecule has 1 N–H and O–H groups in total. The molecule has 0 fully saturated rings. The quantitative estimate of drug-likeness (QED) is 0.718. The summed E-state index contributed by atoms with van der Waals surface area (Å²) in [4.78, 5) is 0.318. The zero-order valence-corrected chi connectivity index (χ0v) is 7.76. The molecule has 0 saturated heterocycles. The first-order valence-corrected chi connectivity index (χ1v) is 4.82. The van der Waals surface area contributed by atoms with Crippen molar-refractivity contribution >= 4 is 11.1 Å². The van der Waals surface area contributed by atoms with Crippen LogP contribution in [0.5, 0.6) is 0 Å². The van der Waals surface area contributed by atoms with Crippen molar-refractivity contribution in [3.05, 3.63) is 30.6 Å². The summed E-state index contributed by atoms with van der Waals surface area (Å²) in [5.74, 6) is 0. The molecule has 6 nitrogen and oxygen atoms in total. The third kappa shape index (κ3) is 1.68. The molecule has 14 heavy (non-hydrogen) atoms. The molecule has 0 radical (unpaired) electrons. The lowest BCUT2D eigenvalue weighted by atomic mass is 10.3. The maximum atomic E-state index is 10.8. The van der Waals surface area contributed by atoms with E-state index in [9.17, 15) is 4.21 Å². The number of nitrogens with zero attached hydrogens (tertiary/aromatic N) is 4. The molecule has 2 aromatic rings. The summed E-state index contributed by atoms with van der Waals surface area (Å²) >= 11 is -1.98. The van der Waals surface area contributed by atoms with E-state index in [0.29, 0.717) is 10.6 Å². The predicted octanol–water partition coefficient (Wildman–Crippen LogP) is 0.243. The minimum Gasteiger partial charge on any atom is -0.302 e. The van der Waals surface area contributed by atoms with Gasteiger partial charge < -0.3 is 4.55 Å². The van der Waals surface area contributed by atoms with Crippen LogP contribution in [0.15, 0.2) is 35.5 Å². The van der Waals surface area contributed by atoms with Gasteiger partial charge in [0, 0.05) is 0 Å². The lowest BCUT2D eigenvalue weighted by molar-refractivity contribution is 0.564. The summed E-state index contributed by atoms with van der Waals surface area (Å²) in [6.07, 6.45) is 1.42. The first-order chi connectivity index (χ1) is 6.77. The molecule has 0 amide bonds. The highest BCUT2D eigenvalue weighted by Gasteiger charge is 2.02. The molecule has 0 saturated carbocycles. The Labute approximate surface area is 81.8 Å². The van der Waals surface area contributed by atoms with Crippen molar-refractivity contribution in [1.82, 2.24) is 20.2 Å². The molecule has 1 atom stereocenters. The Kier molecular flexibility index (Phi) is 2.33. The van der Waals surface area contributed by atoms with Crippen LogP contribution < -0.4 is 0 Å². The van der Waals surface area contributed by atoms with Crippen LogP contribution in [0.2, 0.25) is 0 Å². The molecule has 72 valence electrons. The van der Waals surface area contributed by atoms with Gasteiger partial charge in [-0.2, -0.15) is 0 Å². The highest BCUT2D eigenvalue weighted by atomic mass is 32.2. The van der Waals surface area contributed by atoms with Gasteiger partial charge in [0.05, 0.1) is 10.6 Å². The first kappa shape index (κ1) is 8.97. The molecule has 0 aliphatic rings. The number of hydrogen-bond donors (Lipinski definition) is 1. The molecular weight excluding hydrogens is 204 g/mol. The van der Waals surface area contributed by atoms with Crippen molar-refractivity contribution < 1.29 is 8.76 Å². The van der Waals surface area contributed by atoms with Crippen LogP contribution in [0.4, 0.5) is 0 Å². The Morgan fingerprint density at radius 2 is 2.29 bits per heavy atom. The van der Waals surface area contributed by atoms with Gasteiger partial charge in [0.1, 0.15) is 6.33 Å².